The molecule has 1 saturated heterocycles. The second-order valence-electron chi connectivity index (χ2n) is 6.25. The molecular weight excluding hydrogens is 368 g/mol. The van der Waals surface area contributed by atoms with E-state index in [4.69, 9.17) is 4.74 Å². The number of ether oxygens (including phenoxy) is 1. The van der Waals surface area contributed by atoms with Crippen molar-refractivity contribution in [3.05, 3.63) is 42.5 Å². The molecule has 0 unspecified atom stereocenters. The van der Waals surface area contributed by atoms with Gasteiger partial charge in [-0.25, -0.2) is 5.10 Å². The molecule has 3 heterocycles. The summed E-state index contributed by atoms with van der Waals surface area (Å²) in [4.78, 5) is 2.12. The number of nitrogens with one attached hydrogen (secondary N) is 1. The zero-order valence-corrected chi connectivity index (χ0v) is 14.8. The van der Waals surface area contributed by atoms with Crippen molar-refractivity contribution in [1.29, 1.82) is 0 Å². The molecule has 0 spiro atoms. The van der Waals surface area contributed by atoms with E-state index >= 15 is 0 Å². The third-order valence-electron chi connectivity index (χ3n) is 4.51. The van der Waals surface area contributed by atoms with Crippen molar-refractivity contribution in [3.63, 3.8) is 0 Å². The Bertz CT molecular complexity index is 1160. The topological polar surface area (TPSA) is 113 Å². The average Bonchev–Trinajstić information content (AvgIpc) is 3.33. The van der Waals surface area contributed by atoms with Crippen molar-refractivity contribution in [2.75, 3.05) is 11.4 Å². The van der Waals surface area contributed by atoms with Crippen molar-refractivity contribution in [2.24, 2.45) is 4.40 Å². The molecule has 0 bridgehead atoms. The fourth-order valence-corrected chi connectivity index (χ4v) is 4.59. The van der Waals surface area contributed by atoms with Crippen LogP contribution in [0.15, 0.2) is 51.8 Å². The number of anilines is 1. The largest absolute Gasteiger partial charge is 0.457 e. The normalized spacial score (nSPS) is 17.2. The number of aromatic amines is 1. The fourth-order valence-electron chi connectivity index (χ4n) is 3.31. The number of amidine groups is 1. The van der Waals surface area contributed by atoms with Crippen molar-refractivity contribution in [3.8, 4) is 22.9 Å². The highest BCUT2D eigenvalue weighted by Crippen LogP contribution is 2.38. The minimum Gasteiger partial charge on any atom is -0.457 e. The molecule has 0 saturated carbocycles. The van der Waals surface area contributed by atoms with Gasteiger partial charge < -0.3 is 9.64 Å². The van der Waals surface area contributed by atoms with Crippen LogP contribution in [-0.2, 0) is 10.0 Å². The Morgan fingerprint density at radius 2 is 2.00 bits per heavy atom. The van der Waals surface area contributed by atoms with Gasteiger partial charge >= 0.3 is 0 Å². The number of rotatable bonds is 3. The van der Waals surface area contributed by atoms with E-state index in [1.54, 1.807) is 24.3 Å². The number of nitrogens with zero attached hydrogens (tertiary/aromatic N) is 5. The molecule has 0 aliphatic carbocycles. The summed E-state index contributed by atoms with van der Waals surface area (Å²) in [6, 6.07) is 12.3. The van der Waals surface area contributed by atoms with Crippen LogP contribution in [0.1, 0.15) is 12.8 Å². The molecule has 1 N–H and O–H groups in total. The third-order valence-corrected chi connectivity index (χ3v) is 5.84. The maximum Gasteiger partial charge on any atom is 0.286 e. The molecular formula is C17H14N6O3S. The first-order valence-corrected chi connectivity index (χ1v) is 9.82. The maximum absolute atomic E-state index is 12.5. The lowest BCUT2D eigenvalue weighted by atomic mass is 10.2. The maximum atomic E-state index is 12.5. The van der Waals surface area contributed by atoms with E-state index in [0.29, 0.717) is 35.3 Å². The number of aromatic nitrogens is 4. The van der Waals surface area contributed by atoms with Crippen LogP contribution in [0.25, 0.3) is 11.4 Å². The number of tetrazole rings is 1. The minimum absolute atomic E-state index is 0.168. The summed E-state index contributed by atoms with van der Waals surface area (Å²) in [6.07, 6.45) is 1.58. The quantitative estimate of drug-likeness (QED) is 0.740. The molecule has 10 heteroatoms. The van der Waals surface area contributed by atoms with Gasteiger partial charge in [-0.3, -0.25) is 0 Å². The van der Waals surface area contributed by atoms with Gasteiger partial charge in [0.15, 0.2) is 5.82 Å². The smallest absolute Gasteiger partial charge is 0.286 e. The first-order chi connectivity index (χ1) is 13.1. The number of fused-ring (bicyclic) bond motifs is 3. The number of benzene rings is 2. The van der Waals surface area contributed by atoms with Crippen LogP contribution < -0.4 is 9.64 Å². The van der Waals surface area contributed by atoms with E-state index in [1.807, 2.05) is 17.0 Å². The summed E-state index contributed by atoms with van der Waals surface area (Å²) in [6.45, 7) is 0.773. The van der Waals surface area contributed by atoms with E-state index in [1.165, 1.54) is 6.07 Å². The number of sulfonamides is 1. The van der Waals surface area contributed by atoms with Gasteiger partial charge in [0.05, 0.1) is 5.69 Å². The van der Waals surface area contributed by atoms with Gasteiger partial charge in [-0.2, -0.15) is 8.42 Å². The van der Waals surface area contributed by atoms with Gasteiger partial charge in [0.25, 0.3) is 10.0 Å². The molecule has 1 fully saturated rings. The highest BCUT2D eigenvalue weighted by molar-refractivity contribution is 7.90. The predicted octanol–water partition coefficient (Wildman–Crippen LogP) is 2.36. The van der Waals surface area contributed by atoms with Crippen LogP contribution >= 0.6 is 0 Å². The molecule has 27 heavy (non-hydrogen) atoms. The van der Waals surface area contributed by atoms with Crippen LogP contribution in [0.3, 0.4) is 0 Å². The van der Waals surface area contributed by atoms with Gasteiger partial charge in [0.1, 0.15) is 22.2 Å². The zero-order chi connectivity index (χ0) is 18.4. The van der Waals surface area contributed by atoms with E-state index in [9.17, 15) is 8.42 Å². The second-order valence-corrected chi connectivity index (χ2v) is 7.82. The lowest BCUT2D eigenvalue weighted by Crippen LogP contribution is -2.30. The monoisotopic (exact) mass is 382 g/mol. The van der Waals surface area contributed by atoms with Gasteiger partial charge in [0.2, 0.25) is 0 Å². The van der Waals surface area contributed by atoms with Gasteiger partial charge in [0, 0.05) is 24.6 Å². The summed E-state index contributed by atoms with van der Waals surface area (Å²) in [5.41, 5.74) is 1.42. The molecule has 0 amide bonds. The predicted molar refractivity (Wildman–Crippen MR) is 97.3 cm³/mol. The van der Waals surface area contributed by atoms with Crippen LogP contribution in [0, 0.1) is 0 Å². The Morgan fingerprint density at radius 1 is 1.11 bits per heavy atom. The van der Waals surface area contributed by atoms with Crippen molar-refractivity contribution < 1.29 is 13.2 Å². The summed E-state index contributed by atoms with van der Waals surface area (Å²) in [7, 11) is -3.72. The third kappa shape index (κ3) is 2.74. The Kier molecular flexibility index (Phi) is 3.47. The summed E-state index contributed by atoms with van der Waals surface area (Å²) < 4.78 is 34.9. The van der Waals surface area contributed by atoms with Gasteiger partial charge in [-0.1, -0.05) is 12.1 Å². The van der Waals surface area contributed by atoms with Crippen LogP contribution in [0.5, 0.6) is 11.5 Å². The Labute approximate surface area is 154 Å². The Balaban J connectivity index is 1.50. The molecule has 5 rings (SSSR count). The van der Waals surface area contributed by atoms with E-state index in [-0.39, 0.29) is 4.90 Å². The molecule has 3 aromatic rings. The SMILES string of the molecule is O=S1(=O)N=C2CCCN2c2ccc(Oc3cccc(-c4nnn[nH]4)c3)cc21. The molecule has 2 aliphatic heterocycles. The van der Waals surface area contributed by atoms with E-state index < -0.39 is 10.0 Å². The van der Waals surface area contributed by atoms with E-state index in [0.717, 1.165) is 18.5 Å². The average molecular weight is 382 g/mol. The molecule has 1 aromatic heterocycles. The summed E-state index contributed by atoms with van der Waals surface area (Å²) >= 11 is 0. The van der Waals surface area contributed by atoms with E-state index in [2.05, 4.69) is 25.0 Å². The zero-order valence-electron chi connectivity index (χ0n) is 14.0. The number of hydrogen-bond donors (Lipinski definition) is 1. The Morgan fingerprint density at radius 3 is 2.85 bits per heavy atom. The van der Waals surface area contributed by atoms with Crippen molar-refractivity contribution in [2.45, 2.75) is 17.7 Å². The molecule has 0 radical (unpaired) electrons. The second kappa shape index (κ2) is 5.88. The number of H-pyrrole nitrogens is 1. The lowest BCUT2D eigenvalue weighted by Gasteiger charge is -2.25. The highest BCUT2D eigenvalue weighted by Gasteiger charge is 2.33. The van der Waals surface area contributed by atoms with Crippen LogP contribution in [0.4, 0.5) is 5.69 Å². The lowest BCUT2D eigenvalue weighted by molar-refractivity contribution is 0.481. The summed E-state index contributed by atoms with van der Waals surface area (Å²) in [5.74, 6) is 2.10. The summed E-state index contributed by atoms with van der Waals surface area (Å²) in [5, 5.41) is 13.7. The molecule has 2 aromatic carbocycles. The van der Waals surface area contributed by atoms with Crippen molar-refractivity contribution in [1.82, 2.24) is 20.6 Å². The minimum atomic E-state index is -3.72. The molecule has 0 atom stereocenters. The standard InChI is InChI=1S/C17H14N6O3S/c24-27(25)15-10-13(6-7-14(15)23-8-2-5-16(23)20-27)26-12-4-1-3-11(9-12)17-18-21-22-19-17/h1,3-4,6-7,9-10H,2,5,8H2,(H,18,19,21,22). The first-order valence-electron chi connectivity index (χ1n) is 8.38. The van der Waals surface area contributed by atoms with Gasteiger partial charge in [-0.05, 0) is 41.1 Å². The van der Waals surface area contributed by atoms with Crippen LogP contribution in [-0.4, -0.2) is 41.4 Å². The Hall–Kier alpha value is -3.27. The molecule has 136 valence electrons. The van der Waals surface area contributed by atoms with Crippen LogP contribution in [0.2, 0.25) is 0 Å². The fraction of sp³-hybridized carbons (Fsp3) is 0.176. The highest BCUT2D eigenvalue weighted by atomic mass is 32.2. The molecule has 2 aliphatic rings. The number of hydrogen-bond acceptors (Lipinski definition) is 7. The van der Waals surface area contributed by atoms with Crippen molar-refractivity contribution >= 4 is 21.5 Å². The molecule has 9 nitrogen and oxygen atoms in total. The van der Waals surface area contributed by atoms with Gasteiger partial charge in [-0.15, -0.1) is 9.50 Å². The first kappa shape index (κ1) is 15.9.